The van der Waals surface area contributed by atoms with E-state index in [9.17, 15) is 9.59 Å². The third-order valence-electron chi connectivity index (χ3n) is 5.22. The third-order valence-corrected chi connectivity index (χ3v) is 5.44. The van der Waals surface area contributed by atoms with Crippen molar-refractivity contribution in [2.45, 2.75) is 38.1 Å². The number of carbonyl (C=O) groups is 2. The standard InChI is InChI=1S/C19H20ClN3O2/c20-14-8-12-4-3-7-21-18(12)16(10-14)22-19(25)13-9-17(24)23(11-13)15-5-1-2-6-15/h3-4,7-8,10,13,15H,1-2,5-6,9,11H2,(H,22,25). The van der Waals surface area contributed by atoms with Gasteiger partial charge in [0, 0.05) is 35.6 Å². The maximum absolute atomic E-state index is 12.7. The molecule has 130 valence electrons. The Hall–Kier alpha value is -2.14. The molecule has 1 aliphatic heterocycles. The Morgan fingerprint density at radius 2 is 2.08 bits per heavy atom. The van der Waals surface area contributed by atoms with Gasteiger partial charge in [0.25, 0.3) is 0 Å². The zero-order valence-corrected chi connectivity index (χ0v) is 14.6. The molecule has 1 saturated heterocycles. The zero-order valence-electron chi connectivity index (χ0n) is 13.9. The highest BCUT2D eigenvalue weighted by molar-refractivity contribution is 6.32. The quantitative estimate of drug-likeness (QED) is 0.912. The summed E-state index contributed by atoms with van der Waals surface area (Å²) in [5, 5.41) is 4.36. The highest BCUT2D eigenvalue weighted by atomic mass is 35.5. The Labute approximate surface area is 151 Å². The van der Waals surface area contributed by atoms with Crippen molar-refractivity contribution in [2.24, 2.45) is 5.92 Å². The number of nitrogens with one attached hydrogen (secondary N) is 1. The molecule has 1 N–H and O–H groups in total. The van der Waals surface area contributed by atoms with E-state index in [0.717, 1.165) is 18.2 Å². The number of fused-ring (bicyclic) bond motifs is 1. The monoisotopic (exact) mass is 357 g/mol. The van der Waals surface area contributed by atoms with Crippen molar-refractivity contribution in [3.05, 3.63) is 35.5 Å². The molecule has 25 heavy (non-hydrogen) atoms. The van der Waals surface area contributed by atoms with Gasteiger partial charge in [0.1, 0.15) is 0 Å². The van der Waals surface area contributed by atoms with E-state index in [0.29, 0.717) is 28.8 Å². The number of aromatic nitrogens is 1. The fraction of sp³-hybridized carbons (Fsp3) is 0.421. The van der Waals surface area contributed by atoms with Crippen LogP contribution in [0.25, 0.3) is 10.9 Å². The van der Waals surface area contributed by atoms with Gasteiger partial charge in [0.05, 0.1) is 17.1 Å². The van der Waals surface area contributed by atoms with Crippen molar-refractivity contribution in [3.8, 4) is 0 Å². The summed E-state index contributed by atoms with van der Waals surface area (Å²) in [6.45, 7) is 0.515. The van der Waals surface area contributed by atoms with Crippen LogP contribution in [-0.2, 0) is 9.59 Å². The molecule has 2 aliphatic rings. The van der Waals surface area contributed by atoms with Gasteiger partial charge in [0.2, 0.25) is 11.8 Å². The topological polar surface area (TPSA) is 62.3 Å². The summed E-state index contributed by atoms with van der Waals surface area (Å²) in [7, 11) is 0. The van der Waals surface area contributed by atoms with Crippen LogP contribution >= 0.6 is 11.6 Å². The van der Waals surface area contributed by atoms with E-state index in [1.165, 1.54) is 12.8 Å². The van der Waals surface area contributed by atoms with Gasteiger partial charge in [-0.1, -0.05) is 30.5 Å². The molecule has 1 unspecified atom stereocenters. The van der Waals surface area contributed by atoms with Gasteiger partial charge < -0.3 is 10.2 Å². The first-order valence-corrected chi connectivity index (χ1v) is 9.14. The van der Waals surface area contributed by atoms with Gasteiger partial charge >= 0.3 is 0 Å². The SMILES string of the molecule is O=C(Nc1cc(Cl)cc2cccnc12)C1CC(=O)N(C2CCCC2)C1. The lowest BCUT2D eigenvalue weighted by Gasteiger charge is -2.23. The lowest BCUT2D eigenvalue weighted by molar-refractivity contribution is -0.129. The maximum atomic E-state index is 12.7. The van der Waals surface area contributed by atoms with Crippen molar-refractivity contribution >= 4 is 40.0 Å². The number of rotatable bonds is 3. The number of hydrogen-bond acceptors (Lipinski definition) is 3. The van der Waals surface area contributed by atoms with Crippen LogP contribution in [0.1, 0.15) is 32.1 Å². The Kier molecular flexibility index (Phi) is 4.34. The first kappa shape index (κ1) is 16.3. The molecule has 1 aromatic carbocycles. The Morgan fingerprint density at radius 1 is 1.28 bits per heavy atom. The van der Waals surface area contributed by atoms with E-state index in [4.69, 9.17) is 11.6 Å². The summed E-state index contributed by atoms with van der Waals surface area (Å²) in [5.74, 6) is -0.352. The minimum absolute atomic E-state index is 0.0983. The van der Waals surface area contributed by atoms with Gasteiger partial charge in [-0.3, -0.25) is 14.6 Å². The molecule has 1 aromatic heterocycles. The molecule has 5 nitrogen and oxygen atoms in total. The highest BCUT2D eigenvalue weighted by Crippen LogP contribution is 2.31. The number of amides is 2. The molecule has 2 aromatic rings. The van der Waals surface area contributed by atoms with Gasteiger partial charge in [-0.15, -0.1) is 0 Å². The van der Waals surface area contributed by atoms with E-state index >= 15 is 0 Å². The van der Waals surface area contributed by atoms with Crippen molar-refractivity contribution in [1.29, 1.82) is 0 Å². The maximum Gasteiger partial charge on any atom is 0.229 e. The zero-order chi connectivity index (χ0) is 17.4. The van der Waals surface area contributed by atoms with E-state index in [-0.39, 0.29) is 24.2 Å². The summed E-state index contributed by atoms with van der Waals surface area (Å²) in [6.07, 6.45) is 6.43. The van der Waals surface area contributed by atoms with Crippen molar-refractivity contribution in [3.63, 3.8) is 0 Å². The van der Waals surface area contributed by atoms with E-state index in [1.54, 1.807) is 12.3 Å². The molecule has 2 fully saturated rings. The fourth-order valence-electron chi connectivity index (χ4n) is 3.96. The minimum atomic E-state index is -0.314. The predicted molar refractivity (Wildman–Crippen MR) is 97.5 cm³/mol. The summed E-state index contributed by atoms with van der Waals surface area (Å²) < 4.78 is 0. The highest BCUT2D eigenvalue weighted by Gasteiger charge is 2.38. The van der Waals surface area contributed by atoms with Crippen LogP contribution < -0.4 is 5.32 Å². The number of carbonyl (C=O) groups excluding carboxylic acids is 2. The average Bonchev–Trinajstić information content (AvgIpc) is 3.24. The second kappa shape index (κ2) is 6.64. The second-order valence-corrected chi connectivity index (χ2v) is 7.34. The molecule has 4 rings (SSSR count). The fourth-order valence-corrected chi connectivity index (χ4v) is 4.19. The van der Waals surface area contributed by atoms with Crippen LogP contribution in [0.5, 0.6) is 0 Å². The molecule has 0 radical (unpaired) electrons. The molecule has 1 atom stereocenters. The minimum Gasteiger partial charge on any atom is -0.339 e. The number of nitrogens with zero attached hydrogens (tertiary/aromatic N) is 2. The average molecular weight is 358 g/mol. The summed E-state index contributed by atoms with van der Waals surface area (Å²) in [5.41, 5.74) is 1.30. The van der Waals surface area contributed by atoms with Gasteiger partial charge in [-0.05, 0) is 31.0 Å². The van der Waals surface area contributed by atoms with Crippen molar-refractivity contribution in [1.82, 2.24) is 9.88 Å². The number of pyridine rings is 1. The molecular formula is C19H20ClN3O2. The van der Waals surface area contributed by atoms with E-state index in [2.05, 4.69) is 10.3 Å². The molecule has 0 spiro atoms. The van der Waals surface area contributed by atoms with E-state index < -0.39 is 0 Å². The van der Waals surface area contributed by atoms with E-state index in [1.807, 2.05) is 23.1 Å². The third kappa shape index (κ3) is 3.21. The Morgan fingerprint density at radius 3 is 2.88 bits per heavy atom. The van der Waals surface area contributed by atoms with Crippen LogP contribution in [0.4, 0.5) is 5.69 Å². The Bertz CT molecular complexity index is 833. The van der Waals surface area contributed by atoms with Gasteiger partial charge in [-0.2, -0.15) is 0 Å². The van der Waals surface area contributed by atoms with Crippen LogP contribution in [0.15, 0.2) is 30.5 Å². The number of hydrogen-bond donors (Lipinski definition) is 1. The molecule has 1 aliphatic carbocycles. The number of benzene rings is 1. The lowest BCUT2D eigenvalue weighted by Crippen LogP contribution is -2.35. The molecule has 6 heteroatoms. The number of anilines is 1. The summed E-state index contributed by atoms with van der Waals surface area (Å²) in [6, 6.07) is 7.59. The molecule has 0 bridgehead atoms. The second-order valence-electron chi connectivity index (χ2n) is 6.90. The summed E-state index contributed by atoms with van der Waals surface area (Å²) >= 11 is 6.16. The smallest absolute Gasteiger partial charge is 0.229 e. The van der Waals surface area contributed by atoms with Gasteiger partial charge in [0.15, 0.2) is 0 Å². The Balaban J connectivity index is 1.52. The van der Waals surface area contributed by atoms with Crippen LogP contribution in [0.2, 0.25) is 5.02 Å². The normalized spacial score (nSPS) is 21.2. The first-order chi connectivity index (χ1) is 12.1. The van der Waals surface area contributed by atoms with Crippen LogP contribution in [0.3, 0.4) is 0 Å². The molecule has 1 saturated carbocycles. The van der Waals surface area contributed by atoms with Gasteiger partial charge in [-0.25, -0.2) is 0 Å². The number of halogens is 1. The first-order valence-electron chi connectivity index (χ1n) is 8.76. The lowest BCUT2D eigenvalue weighted by atomic mass is 10.1. The largest absolute Gasteiger partial charge is 0.339 e. The molecule has 2 amide bonds. The van der Waals surface area contributed by atoms with Crippen LogP contribution in [0, 0.1) is 5.92 Å². The molecular weight excluding hydrogens is 338 g/mol. The summed E-state index contributed by atoms with van der Waals surface area (Å²) in [4.78, 5) is 31.3. The molecule has 2 heterocycles. The number of likely N-dealkylation sites (tertiary alicyclic amines) is 1. The predicted octanol–water partition coefficient (Wildman–Crippen LogP) is 3.62. The van der Waals surface area contributed by atoms with Crippen molar-refractivity contribution < 1.29 is 9.59 Å². The van der Waals surface area contributed by atoms with Crippen LogP contribution in [-0.4, -0.2) is 34.3 Å². The van der Waals surface area contributed by atoms with Crippen molar-refractivity contribution in [2.75, 3.05) is 11.9 Å².